The van der Waals surface area contributed by atoms with Crippen molar-refractivity contribution in [2.75, 3.05) is 6.54 Å². The SMILES string of the molecule is CCCCCCCCCCNC(=O)C[n+]1cccc(C(=O)NCc2ccccc2)c1. The first-order chi connectivity index (χ1) is 14.7. The van der Waals surface area contributed by atoms with E-state index in [9.17, 15) is 9.59 Å². The monoisotopic (exact) mass is 410 g/mol. The average molecular weight is 411 g/mol. The second-order valence-electron chi connectivity index (χ2n) is 7.76. The Kier molecular flexibility index (Phi) is 11.3. The molecule has 0 saturated heterocycles. The maximum atomic E-state index is 12.4. The Bertz CT molecular complexity index is 762. The zero-order valence-electron chi connectivity index (χ0n) is 18.2. The van der Waals surface area contributed by atoms with Crippen LogP contribution in [-0.4, -0.2) is 18.4 Å². The number of carbonyl (C=O) groups is 2. The fourth-order valence-corrected chi connectivity index (χ4v) is 3.34. The Labute approximate surface area is 180 Å². The normalized spacial score (nSPS) is 10.6. The third-order valence-corrected chi connectivity index (χ3v) is 5.09. The molecule has 0 saturated carbocycles. The number of nitrogens with one attached hydrogen (secondary N) is 2. The van der Waals surface area contributed by atoms with Gasteiger partial charge >= 0.3 is 0 Å². The van der Waals surface area contributed by atoms with Crippen LogP contribution in [-0.2, 0) is 17.9 Å². The summed E-state index contributed by atoms with van der Waals surface area (Å²) in [5, 5.41) is 5.89. The van der Waals surface area contributed by atoms with Gasteiger partial charge in [-0.05, 0) is 18.1 Å². The molecule has 162 valence electrons. The fraction of sp³-hybridized carbons (Fsp3) is 0.480. The molecule has 2 amide bonds. The summed E-state index contributed by atoms with van der Waals surface area (Å²) in [7, 11) is 0. The minimum atomic E-state index is -0.146. The number of pyridine rings is 1. The first kappa shape index (κ1) is 23.6. The molecule has 0 unspecified atom stereocenters. The maximum absolute atomic E-state index is 12.4. The summed E-state index contributed by atoms with van der Waals surface area (Å²) >= 11 is 0. The number of aromatic nitrogens is 1. The van der Waals surface area contributed by atoms with E-state index in [1.165, 1.54) is 38.5 Å². The minimum absolute atomic E-state index is 0.0233. The number of nitrogens with zero attached hydrogens (tertiary/aromatic N) is 1. The highest BCUT2D eigenvalue weighted by atomic mass is 16.2. The lowest BCUT2D eigenvalue weighted by atomic mass is 10.1. The van der Waals surface area contributed by atoms with Gasteiger partial charge in [-0.15, -0.1) is 0 Å². The molecule has 0 atom stereocenters. The van der Waals surface area contributed by atoms with Crippen molar-refractivity contribution in [3.05, 3.63) is 66.0 Å². The van der Waals surface area contributed by atoms with Crippen LogP contribution in [0, 0.1) is 0 Å². The first-order valence-corrected chi connectivity index (χ1v) is 11.3. The van der Waals surface area contributed by atoms with Crippen molar-refractivity contribution in [2.24, 2.45) is 0 Å². The predicted molar refractivity (Wildman–Crippen MR) is 120 cm³/mol. The van der Waals surface area contributed by atoms with E-state index in [4.69, 9.17) is 0 Å². The molecule has 1 heterocycles. The van der Waals surface area contributed by atoms with Crippen LogP contribution in [0.3, 0.4) is 0 Å². The van der Waals surface area contributed by atoms with E-state index >= 15 is 0 Å². The molecular weight excluding hydrogens is 374 g/mol. The van der Waals surface area contributed by atoms with Crippen molar-refractivity contribution < 1.29 is 14.2 Å². The van der Waals surface area contributed by atoms with Gasteiger partial charge in [0.1, 0.15) is 5.56 Å². The van der Waals surface area contributed by atoms with Crippen molar-refractivity contribution in [1.29, 1.82) is 0 Å². The van der Waals surface area contributed by atoms with E-state index in [2.05, 4.69) is 17.6 Å². The Morgan fingerprint density at radius 1 is 0.833 bits per heavy atom. The number of unbranched alkanes of at least 4 members (excludes halogenated alkanes) is 7. The smallest absolute Gasteiger partial charge is 0.285 e. The zero-order chi connectivity index (χ0) is 21.4. The van der Waals surface area contributed by atoms with Crippen LogP contribution in [0.1, 0.15) is 74.2 Å². The van der Waals surface area contributed by atoms with Crippen LogP contribution in [0.15, 0.2) is 54.9 Å². The van der Waals surface area contributed by atoms with Crippen molar-refractivity contribution in [3.63, 3.8) is 0 Å². The molecule has 0 bridgehead atoms. The van der Waals surface area contributed by atoms with Crippen LogP contribution < -0.4 is 15.2 Å². The number of rotatable bonds is 14. The van der Waals surface area contributed by atoms with Crippen LogP contribution >= 0.6 is 0 Å². The number of amides is 2. The molecule has 0 radical (unpaired) electrons. The van der Waals surface area contributed by atoms with Gasteiger partial charge in [0.15, 0.2) is 12.4 Å². The van der Waals surface area contributed by atoms with Gasteiger partial charge < -0.3 is 10.6 Å². The molecule has 0 aliphatic heterocycles. The third kappa shape index (κ3) is 9.68. The second kappa shape index (κ2) is 14.3. The summed E-state index contributed by atoms with van der Waals surface area (Å²) < 4.78 is 1.75. The lowest BCUT2D eigenvalue weighted by molar-refractivity contribution is -0.684. The number of carbonyl (C=O) groups excluding carboxylic acids is 2. The minimum Gasteiger partial charge on any atom is -0.351 e. The van der Waals surface area contributed by atoms with Gasteiger partial charge in [0.2, 0.25) is 6.54 Å². The van der Waals surface area contributed by atoms with E-state index in [0.717, 1.165) is 18.4 Å². The van der Waals surface area contributed by atoms with Crippen molar-refractivity contribution in [2.45, 2.75) is 71.4 Å². The maximum Gasteiger partial charge on any atom is 0.285 e. The van der Waals surface area contributed by atoms with E-state index in [-0.39, 0.29) is 18.4 Å². The quantitative estimate of drug-likeness (QED) is 0.363. The summed E-state index contributed by atoms with van der Waals surface area (Å²) in [4.78, 5) is 24.6. The lowest BCUT2D eigenvalue weighted by Crippen LogP contribution is -2.43. The molecule has 0 aliphatic rings. The van der Waals surface area contributed by atoms with E-state index in [0.29, 0.717) is 18.7 Å². The summed E-state index contributed by atoms with van der Waals surface area (Å²) in [6, 6.07) is 13.3. The van der Waals surface area contributed by atoms with Gasteiger partial charge in [-0.3, -0.25) is 9.59 Å². The van der Waals surface area contributed by atoms with Crippen molar-refractivity contribution in [1.82, 2.24) is 10.6 Å². The number of hydrogen-bond acceptors (Lipinski definition) is 2. The highest BCUT2D eigenvalue weighted by Gasteiger charge is 2.13. The largest absolute Gasteiger partial charge is 0.351 e. The number of benzene rings is 1. The van der Waals surface area contributed by atoms with Gasteiger partial charge in [-0.1, -0.05) is 82.2 Å². The molecule has 0 aliphatic carbocycles. The molecule has 0 spiro atoms. The average Bonchev–Trinajstić information content (AvgIpc) is 2.77. The predicted octanol–water partition coefficient (Wildman–Crippen LogP) is 4.16. The Hall–Kier alpha value is -2.69. The fourth-order valence-electron chi connectivity index (χ4n) is 3.34. The third-order valence-electron chi connectivity index (χ3n) is 5.09. The van der Waals surface area contributed by atoms with Crippen LogP contribution in [0.4, 0.5) is 0 Å². The molecular formula is C25H36N3O2+. The second-order valence-corrected chi connectivity index (χ2v) is 7.76. The topological polar surface area (TPSA) is 62.1 Å². The van der Waals surface area contributed by atoms with E-state index in [1.54, 1.807) is 22.9 Å². The molecule has 0 fully saturated rings. The van der Waals surface area contributed by atoms with Gasteiger partial charge in [0.25, 0.3) is 11.8 Å². The highest BCUT2D eigenvalue weighted by molar-refractivity contribution is 5.93. The van der Waals surface area contributed by atoms with Crippen molar-refractivity contribution in [3.8, 4) is 0 Å². The molecule has 5 heteroatoms. The molecule has 1 aromatic carbocycles. The van der Waals surface area contributed by atoms with Crippen LogP contribution in [0.5, 0.6) is 0 Å². The van der Waals surface area contributed by atoms with Crippen molar-refractivity contribution >= 4 is 11.8 Å². The zero-order valence-corrected chi connectivity index (χ0v) is 18.2. The standard InChI is InChI=1S/C25H35N3O2/c1-2-3-4-5-6-7-8-12-17-26-24(29)21-28-18-13-16-23(20-28)25(30)27-19-22-14-10-9-11-15-22/h9-11,13-16,18,20H,2-8,12,17,19,21H2,1H3,(H-,26,27,29,30)/p+1. The molecule has 1 aromatic heterocycles. The van der Waals surface area contributed by atoms with Gasteiger partial charge in [-0.25, -0.2) is 0 Å². The highest BCUT2D eigenvalue weighted by Crippen LogP contribution is 2.07. The molecule has 2 aromatic rings. The first-order valence-electron chi connectivity index (χ1n) is 11.3. The molecule has 5 nitrogen and oxygen atoms in total. The lowest BCUT2D eigenvalue weighted by Gasteiger charge is -2.06. The Morgan fingerprint density at radius 3 is 2.27 bits per heavy atom. The summed E-state index contributed by atoms with van der Waals surface area (Å²) in [6.45, 7) is 3.65. The molecule has 30 heavy (non-hydrogen) atoms. The van der Waals surface area contributed by atoms with E-state index in [1.807, 2.05) is 36.5 Å². The van der Waals surface area contributed by atoms with Gasteiger partial charge in [-0.2, -0.15) is 4.57 Å². The molecule has 2 rings (SSSR count). The molecule has 2 N–H and O–H groups in total. The summed E-state index contributed by atoms with van der Waals surface area (Å²) in [5.41, 5.74) is 1.60. The number of hydrogen-bond donors (Lipinski definition) is 2. The Morgan fingerprint density at radius 2 is 1.53 bits per heavy atom. The van der Waals surface area contributed by atoms with Crippen LogP contribution in [0.2, 0.25) is 0 Å². The Balaban J connectivity index is 1.65. The van der Waals surface area contributed by atoms with Gasteiger partial charge in [0.05, 0.1) is 0 Å². The van der Waals surface area contributed by atoms with E-state index < -0.39 is 0 Å². The van der Waals surface area contributed by atoms with Gasteiger partial charge in [0, 0.05) is 19.2 Å². The van der Waals surface area contributed by atoms with Crippen LogP contribution in [0.25, 0.3) is 0 Å². The summed E-state index contributed by atoms with van der Waals surface area (Å²) in [5.74, 6) is -0.169. The summed E-state index contributed by atoms with van der Waals surface area (Å²) in [6.07, 6.45) is 13.5.